The molecule has 0 saturated heterocycles. The molecular weight excluding hydrogens is 434 g/mol. The van der Waals surface area contributed by atoms with Gasteiger partial charge in [0.15, 0.2) is 5.76 Å². The van der Waals surface area contributed by atoms with Crippen LogP contribution in [0, 0.1) is 0 Å². The van der Waals surface area contributed by atoms with Crippen molar-refractivity contribution in [1.29, 1.82) is 0 Å². The van der Waals surface area contributed by atoms with E-state index in [4.69, 9.17) is 19.6 Å². The Hall–Kier alpha value is -4.37. The lowest BCUT2D eigenvalue weighted by atomic mass is 10.1. The minimum atomic E-state index is -0.539. The predicted octanol–water partition coefficient (Wildman–Crippen LogP) is 3.30. The molecule has 34 heavy (non-hydrogen) atoms. The summed E-state index contributed by atoms with van der Waals surface area (Å²) in [5.41, 5.74) is 8.56. The molecule has 1 atom stereocenters. The van der Waals surface area contributed by atoms with Gasteiger partial charge in [-0.25, -0.2) is 5.01 Å². The van der Waals surface area contributed by atoms with Crippen LogP contribution >= 0.6 is 0 Å². The molecule has 0 aliphatic carbocycles. The molecule has 3 aromatic rings. The lowest BCUT2D eigenvalue weighted by Gasteiger charge is -2.26. The van der Waals surface area contributed by atoms with Crippen LogP contribution in [-0.2, 0) is 14.3 Å². The third-order valence-corrected chi connectivity index (χ3v) is 5.03. The van der Waals surface area contributed by atoms with E-state index in [9.17, 15) is 4.79 Å². The summed E-state index contributed by atoms with van der Waals surface area (Å²) in [5.74, 6) is 0.589. The van der Waals surface area contributed by atoms with Crippen molar-refractivity contribution in [1.82, 2.24) is 15.3 Å². The SMILES string of the molecule is C=C1C=CC(O[C@@H](CNC(=O)COC)c2cccnc2)=NN1/C(=C\N)c1cc2ccccc2o1. The molecule has 0 radical (unpaired) electrons. The minimum absolute atomic E-state index is 0.0453. The van der Waals surface area contributed by atoms with Crippen LogP contribution in [0.15, 0.2) is 95.0 Å². The highest BCUT2D eigenvalue weighted by Gasteiger charge is 2.23. The monoisotopic (exact) mass is 459 g/mol. The number of nitrogens with two attached hydrogens (primary N) is 1. The summed E-state index contributed by atoms with van der Waals surface area (Å²) in [6.45, 7) is 4.21. The molecule has 0 saturated carbocycles. The third kappa shape index (κ3) is 5.16. The van der Waals surface area contributed by atoms with Crippen LogP contribution in [0.4, 0.5) is 0 Å². The molecule has 3 N–H and O–H groups in total. The number of hydrogen-bond acceptors (Lipinski definition) is 8. The second kappa shape index (κ2) is 10.5. The van der Waals surface area contributed by atoms with Crippen LogP contribution in [-0.4, -0.2) is 42.1 Å². The lowest BCUT2D eigenvalue weighted by Crippen LogP contribution is -2.33. The Bertz CT molecular complexity index is 1230. The summed E-state index contributed by atoms with van der Waals surface area (Å²) < 4.78 is 17.0. The zero-order chi connectivity index (χ0) is 23.9. The number of aromatic nitrogens is 1. The fourth-order valence-corrected chi connectivity index (χ4v) is 3.40. The number of nitrogens with one attached hydrogen (secondary N) is 1. The zero-order valence-electron chi connectivity index (χ0n) is 18.7. The summed E-state index contributed by atoms with van der Waals surface area (Å²) in [7, 11) is 1.46. The van der Waals surface area contributed by atoms with Gasteiger partial charge in [0.2, 0.25) is 11.8 Å². The molecule has 9 heteroatoms. The van der Waals surface area contributed by atoms with Crippen LogP contribution in [0.5, 0.6) is 0 Å². The maximum absolute atomic E-state index is 11.9. The molecular formula is C25H25N5O4. The number of para-hydroxylation sites is 1. The number of fused-ring (bicyclic) bond motifs is 1. The molecule has 1 aliphatic rings. The van der Waals surface area contributed by atoms with Crippen molar-refractivity contribution >= 4 is 28.5 Å². The Labute approximate surface area is 196 Å². The van der Waals surface area contributed by atoms with Crippen LogP contribution in [0.25, 0.3) is 16.7 Å². The van der Waals surface area contributed by atoms with E-state index in [1.165, 1.54) is 13.3 Å². The molecule has 1 amide bonds. The number of carbonyl (C=O) groups is 1. The van der Waals surface area contributed by atoms with Crippen LogP contribution in [0.3, 0.4) is 0 Å². The van der Waals surface area contributed by atoms with Gasteiger partial charge in [0, 0.05) is 42.7 Å². The van der Waals surface area contributed by atoms with Gasteiger partial charge in [0.25, 0.3) is 0 Å². The van der Waals surface area contributed by atoms with E-state index in [-0.39, 0.29) is 19.1 Å². The lowest BCUT2D eigenvalue weighted by molar-refractivity contribution is -0.125. The molecule has 0 bridgehead atoms. The van der Waals surface area contributed by atoms with Gasteiger partial charge in [0.05, 0.1) is 12.2 Å². The Morgan fingerprint density at radius 1 is 1.29 bits per heavy atom. The number of hydrogen-bond donors (Lipinski definition) is 2. The van der Waals surface area contributed by atoms with E-state index in [1.807, 2.05) is 36.4 Å². The summed E-state index contributed by atoms with van der Waals surface area (Å²) in [5, 5.41) is 9.87. The average Bonchev–Trinajstić information content (AvgIpc) is 3.28. The number of carbonyl (C=O) groups excluding carboxylic acids is 1. The second-order valence-corrected chi connectivity index (χ2v) is 7.41. The number of nitrogens with zero attached hydrogens (tertiary/aromatic N) is 3. The molecule has 0 unspecified atom stereocenters. The Balaban J connectivity index is 1.58. The average molecular weight is 460 g/mol. The summed E-state index contributed by atoms with van der Waals surface area (Å²) in [6.07, 6.45) is 7.68. The van der Waals surface area contributed by atoms with E-state index < -0.39 is 6.10 Å². The summed E-state index contributed by atoms with van der Waals surface area (Å²) in [6, 6.07) is 13.2. The Morgan fingerprint density at radius 2 is 2.15 bits per heavy atom. The standard InChI is InChI=1S/C25H25N5O4/c1-17-9-10-25(34-23(15-28-24(31)16-32-2)19-7-5-11-27-14-19)29-30(17)20(13-26)22-12-18-6-3-4-8-21(18)33-22/h3-14,23H,1,15-16,26H2,2H3,(H,28,31)/b20-13-/t23-/m0/s1. The number of furan rings is 1. The second-order valence-electron chi connectivity index (χ2n) is 7.41. The number of allylic oxidation sites excluding steroid dienone is 1. The topological polar surface area (TPSA) is 115 Å². The van der Waals surface area contributed by atoms with E-state index >= 15 is 0 Å². The Morgan fingerprint density at radius 3 is 2.88 bits per heavy atom. The highest BCUT2D eigenvalue weighted by Crippen LogP contribution is 2.30. The predicted molar refractivity (Wildman–Crippen MR) is 129 cm³/mol. The first-order valence-electron chi connectivity index (χ1n) is 10.6. The van der Waals surface area contributed by atoms with Crippen molar-refractivity contribution in [2.24, 2.45) is 10.8 Å². The van der Waals surface area contributed by atoms with Gasteiger partial charge in [0.1, 0.15) is 24.0 Å². The number of rotatable bonds is 8. The van der Waals surface area contributed by atoms with Crippen LogP contribution in [0.2, 0.25) is 0 Å². The van der Waals surface area contributed by atoms with E-state index in [0.29, 0.717) is 23.1 Å². The first kappa shape index (κ1) is 22.8. The van der Waals surface area contributed by atoms with Gasteiger partial charge in [-0.3, -0.25) is 9.78 Å². The minimum Gasteiger partial charge on any atom is -0.466 e. The Kier molecular flexibility index (Phi) is 7.04. The maximum Gasteiger partial charge on any atom is 0.246 e. The van der Waals surface area contributed by atoms with Crippen molar-refractivity contribution in [3.05, 3.63) is 96.8 Å². The smallest absolute Gasteiger partial charge is 0.246 e. The number of benzene rings is 1. The maximum atomic E-state index is 11.9. The van der Waals surface area contributed by atoms with Crippen molar-refractivity contribution in [2.45, 2.75) is 6.10 Å². The zero-order valence-corrected chi connectivity index (χ0v) is 18.7. The molecule has 174 valence electrons. The van der Waals surface area contributed by atoms with Crippen molar-refractivity contribution in [2.75, 3.05) is 20.3 Å². The van der Waals surface area contributed by atoms with Crippen molar-refractivity contribution < 1.29 is 18.7 Å². The summed E-state index contributed by atoms with van der Waals surface area (Å²) in [4.78, 5) is 16.1. The number of hydrazone groups is 1. The van der Waals surface area contributed by atoms with Gasteiger partial charge in [-0.05, 0) is 24.3 Å². The fraction of sp³-hybridized carbons (Fsp3) is 0.160. The molecule has 2 aromatic heterocycles. The van der Waals surface area contributed by atoms with E-state index in [2.05, 4.69) is 22.0 Å². The summed E-state index contributed by atoms with van der Waals surface area (Å²) >= 11 is 0. The van der Waals surface area contributed by atoms with Gasteiger partial charge < -0.3 is 24.9 Å². The number of methoxy groups -OCH3 is 1. The molecule has 3 heterocycles. The number of amides is 1. The van der Waals surface area contributed by atoms with E-state index in [0.717, 1.165) is 16.5 Å². The number of pyridine rings is 1. The molecule has 1 aliphatic heterocycles. The quantitative estimate of drug-likeness (QED) is 0.531. The molecule has 9 nitrogen and oxygen atoms in total. The molecule has 0 fully saturated rings. The third-order valence-electron chi connectivity index (χ3n) is 5.03. The number of ether oxygens (including phenoxy) is 2. The molecule has 1 aromatic carbocycles. The van der Waals surface area contributed by atoms with Crippen molar-refractivity contribution in [3.8, 4) is 0 Å². The van der Waals surface area contributed by atoms with Crippen LogP contribution in [0.1, 0.15) is 17.4 Å². The highest BCUT2D eigenvalue weighted by molar-refractivity contribution is 5.90. The normalized spacial score (nSPS) is 14.7. The van der Waals surface area contributed by atoms with Crippen LogP contribution < -0.4 is 11.1 Å². The largest absolute Gasteiger partial charge is 0.466 e. The van der Waals surface area contributed by atoms with Crippen molar-refractivity contribution in [3.63, 3.8) is 0 Å². The first-order valence-corrected chi connectivity index (χ1v) is 10.6. The first-order chi connectivity index (χ1) is 16.6. The molecule has 4 rings (SSSR count). The van der Waals surface area contributed by atoms with Gasteiger partial charge in [-0.2, -0.15) is 0 Å². The fourth-order valence-electron chi connectivity index (χ4n) is 3.40. The van der Waals surface area contributed by atoms with Gasteiger partial charge in [-0.1, -0.05) is 30.8 Å². The highest BCUT2D eigenvalue weighted by atomic mass is 16.5. The molecule has 0 spiro atoms. The van der Waals surface area contributed by atoms with E-state index in [1.54, 1.807) is 35.6 Å². The van der Waals surface area contributed by atoms with Gasteiger partial charge >= 0.3 is 0 Å². The van der Waals surface area contributed by atoms with Gasteiger partial charge in [-0.15, -0.1) is 5.10 Å².